The van der Waals surface area contributed by atoms with Crippen molar-refractivity contribution in [2.45, 2.75) is 26.0 Å². The van der Waals surface area contributed by atoms with Crippen molar-refractivity contribution < 1.29 is 9.32 Å². The van der Waals surface area contributed by atoms with Gasteiger partial charge in [-0.3, -0.25) is 9.89 Å². The summed E-state index contributed by atoms with van der Waals surface area (Å²) in [6, 6.07) is 0. The van der Waals surface area contributed by atoms with Gasteiger partial charge in [0, 0.05) is 16.8 Å². The van der Waals surface area contributed by atoms with E-state index in [1.807, 2.05) is 20.8 Å². The summed E-state index contributed by atoms with van der Waals surface area (Å²) in [7, 11) is 0. The monoisotopic (exact) mass is 278 g/mol. The van der Waals surface area contributed by atoms with Gasteiger partial charge in [0.15, 0.2) is 5.82 Å². The lowest BCUT2D eigenvalue weighted by molar-refractivity contribution is -0.113. The summed E-state index contributed by atoms with van der Waals surface area (Å²) in [4.78, 5) is 11.7. The Labute approximate surface area is 114 Å². The molecule has 0 radical (unpaired) electrons. The number of hydrogen-bond donors (Lipinski definition) is 2. The molecule has 2 aromatic rings. The number of hydrogen-bond acceptors (Lipinski definition) is 5. The van der Waals surface area contributed by atoms with E-state index in [1.54, 1.807) is 11.8 Å². The Kier molecular flexibility index (Phi) is 2.85. The molecule has 100 valence electrons. The van der Waals surface area contributed by atoms with Crippen LogP contribution >= 0.6 is 11.8 Å². The molecule has 0 saturated carbocycles. The zero-order chi connectivity index (χ0) is 13.6. The molecule has 2 aromatic heterocycles. The predicted octanol–water partition coefficient (Wildman–Crippen LogP) is 2.10. The van der Waals surface area contributed by atoms with Crippen LogP contribution in [-0.2, 0) is 4.79 Å². The van der Waals surface area contributed by atoms with E-state index < -0.39 is 0 Å². The van der Waals surface area contributed by atoms with E-state index in [0.717, 1.165) is 28.3 Å². The number of fused-ring (bicyclic) bond motifs is 1. The molecule has 3 rings (SSSR count). The van der Waals surface area contributed by atoms with Crippen molar-refractivity contribution in [1.29, 1.82) is 0 Å². The second-order valence-electron chi connectivity index (χ2n) is 4.59. The molecule has 1 aliphatic heterocycles. The summed E-state index contributed by atoms with van der Waals surface area (Å²) >= 11 is 1.57. The summed E-state index contributed by atoms with van der Waals surface area (Å²) in [6.07, 6.45) is 0. The molecule has 3 heterocycles. The average Bonchev–Trinajstić information content (AvgIpc) is 2.82. The third-order valence-corrected chi connectivity index (χ3v) is 4.48. The van der Waals surface area contributed by atoms with Crippen LogP contribution in [0, 0.1) is 20.8 Å². The molecule has 0 spiro atoms. The van der Waals surface area contributed by atoms with Gasteiger partial charge in [-0.2, -0.15) is 5.10 Å². The molecule has 0 unspecified atom stereocenters. The van der Waals surface area contributed by atoms with Gasteiger partial charge in [0.2, 0.25) is 5.91 Å². The van der Waals surface area contributed by atoms with E-state index >= 15 is 0 Å². The fourth-order valence-electron chi connectivity index (χ4n) is 2.36. The molecule has 2 N–H and O–H groups in total. The molecule has 0 fully saturated rings. The maximum Gasteiger partial charge on any atom is 0.235 e. The number of aryl methyl sites for hydroxylation is 3. The molecule has 19 heavy (non-hydrogen) atoms. The van der Waals surface area contributed by atoms with Crippen molar-refractivity contribution in [3.8, 4) is 0 Å². The Bertz CT molecular complexity index is 627. The van der Waals surface area contributed by atoms with Crippen LogP contribution in [-0.4, -0.2) is 27.0 Å². The maximum absolute atomic E-state index is 11.7. The first kappa shape index (κ1) is 12.3. The van der Waals surface area contributed by atoms with E-state index in [0.29, 0.717) is 11.6 Å². The van der Waals surface area contributed by atoms with Crippen LogP contribution in [0.4, 0.5) is 5.82 Å². The van der Waals surface area contributed by atoms with Crippen molar-refractivity contribution >= 4 is 23.5 Å². The van der Waals surface area contributed by atoms with Crippen LogP contribution in [0.3, 0.4) is 0 Å². The molecule has 0 aliphatic carbocycles. The van der Waals surface area contributed by atoms with Gasteiger partial charge < -0.3 is 9.84 Å². The molecule has 6 nitrogen and oxygen atoms in total. The smallest absolute Gasteiger partial charge is 0.235 e. The minimum absolute atomic E-state index is 0.0129. The highest BCUT2D eigenvalue weighted by atomic mass is 32.2. The number of amides is 1. The molecule has 1 aliphatic rings. The van der Waals surface area contributed by atoms with Crippen LogP contribution < -0.4 is 5.32 Å². The lowest BCUT2D eigenvalue weighted by atomic mass is 10.0. The quantitative estimate of drug-likeness (QED) is 0.834. The number of carbonyl (C=O) groups excluding carboxylic acids is 1. The van der Waals surface area contributed by atoms with Crippen LogP contribution in [0.25, 0.3) is 0 Å². The number of carbonyl (C=O) groups is 1. The number of nitrogens with zero attached hydrogens (tertiary/aromatic N) is 2. The average molecular weight is 278 g/mol. The van der Waals surface area contributed by atoms with E-state index in [4.69, 9.17) is 4.52 Å². The number of nitrogens with one attached hydrogen (secondary N) is 2. The Hall–Kier alpha value is -1.76. The zero-order valence-corrected chi connectivity index (χ0v) is 11.7. The molecule has 1 atom stereocenters. The van der Waals surface area contributed by atoms with Gasteiger partial charge in [0.1, 0.15) is 5.76 Å². The van der Waals surface area contributed by atoms with E-state index in [9.17, 15) is 4.79 Å². The second kappa shape index (κ2) is 4.41. The minimum Gasteiger partial charge on any atom is -0.361 e. The van der Waals surface area contributed by atoms with Crippen molar-refractivity contribution in [3.63, 3.8) is 0 Å². The fraction of sp³-hybridized carbons (Fsp3) is 0.417. The first-order valence-corrected chi connectivity index (χ1v) is 7.02. The van der Waals surface area contributed by atoms with Crippen LogP contribution in [0.5, 0.6) is 0 Å². The van der Waals surface area contributed by atoms with Gasteiger partial charge in [0.05, 0.1) is 16.7 Å². The van der Waals surface area contributed by atoms with Gasteiger partial charge in [-0.1, -0.05) is 5.16 Å². The van der Waals surface area contributed by atoms with Crippen molar-refractivity contribution in [1.82, 2.24) is 15.4 Å². The molecule has 0 bridgehead atoms. The van der Waals surface area contributed by atoms with Crippen LogP contribution in [0.15, 0.2) is 4.52 Å². The molecule has 7 heteroatoms. The standard InChI is InChI=1S/C12H14N4O2S/c1-5-10-11(9-6(2)16-18-7(9)3)19-4-8(17)13-12(10)15-14-5/h11H,4H2,1-3H3,(H2,13,14,15,17)/t11-/m1/s1. The van der Waals surface area contributed by atoms with Crippen molar-refractivity contribution in [3.05, 3.63) is 28.3 Å². The minimum atomic E-state index is -0.0352. The van der Waals surface area contributed by atoms with E-state index in [-0.39, 0.29) is 11.2 Å². The van der Waals surface area contributed by atoms with Gasteiger partial charge in [-0.05, 0) is 20.8 Å². The predicted molar refractivity (Wildman–Crippen MR) is 72.2 cm³/mol. The number of H-pyrrole nitrogens is 1. The summed E-state index contributed by atoms with van der Waals surface area (Å²) in [6.45, 7) is 5.77. The largest absolute Gasteiger partial charge is 0.361 e. The molecule has 0 saturated heterocycles. The highest BCUT2D eigenvalue weighted by Gasteiger charge is 2.31. The van der Waals surface area contributed by atoms with Crippen molar-refractivity contribution in [2.24, 2.45) is 0 Å². The molecule has 0 aromatic carbocycles. The third-order valence-electron chi connectivity index (χ3n) is 3.25. The Morgan fingerprint density at radius 3 is 2.79 bits per heavy atom. The normalized spacial score (nSPS) is 18.9. The summed E-state index contributed by atoms with van der Waals surface area (Å²) < 4.78 is 5.25. The number of thioether (sulfide) groups is 1. The van der Waals surface area contributed by atoms with Crippen LogP contribution in [0.2, 0.25) is 0 Å². The Morgan fingerprint density at radius 2 is 2.11 bits per heavy atom. The van der Waals surface area contributed by atoms with Crippen LogP contribution in [0.1, 0.15) is 33.5 Å². The number of rotatable bonds is 1. The molecular formula is C12H14N4O2S. The third kappa shape index (κ3) is 1.94. The zero-order valence-electron chi connectivity index (χ0n) is 10.9. The number of aromatic amines is 1. The topological polar surface area (TPSA) is 83.8 Å². The Morgan fingerprint density at radius 1 is 1.32 bits per heavy atom. The lowest BCUT2D eigenvalue weighted by Crippen LogP contribution is -2.12. The molecular weight excluding hydrogens is 264 g/mol. The highest BCUT2D eigenvalue weighted by Crippen LogP contribution is 2.44. The summed E-state index contributed by atoms with van der Waals surface area (Å²) in [5, 5.41) is 13.9. The van der Waals surface area contributed by atoms with E-state index in [2.05, 4.69) is 20.7 Å². The van der Waals surface area contributed by atoms with Gasteiger partial charge >= 0.3 is 0 Å². The van der Waals surface area contributed by atoms with Gasteiger partial charge in [-0.15, -0.1) is 11.8 Å². The van der Waals surface area contributed by atoms with Gasteiger partial charge in [0.25, 0.3) is 0 Å². The number of aromatic nitrogens is 3. The summed E-state index contributed by atoms with van der Waals surface area (Å²) in [5.74, 6) is 1.75. The maximum atomic E-state index is 11.7. The van der Waals surface area contributed by atoms with Crippen molar-refractivity contribution in [2.75, 3.05) is 11.1 Å². The second-order valence-corrected chi connectivity index (χ2v) is 5.68. The first-order chi connectivity index (χ1) is 9.08. The Balaban J connectivity index is 2.16. The summed E-state index contributed by atoms with van der Waals surface area (Å²) in [5.41, 5.74) is 3.85. The SMILES string of the molecule is Cc1noc(C)c1[C@H]1SCC(=O)Nc2n[nH]c(C)c21. The fourth-order valence-corrected chi connectivity index (χ4v) is 3.70. The first-order valence-electron chi connectivity index (χ1n) is 5.97. The van der Waals surface area contributed by atoms with Gasteiger partial charge in [-0.25, -0.2) is 0 Å². The van der Waals surface area contributed by atoms with E-state index in [1.165, 1.54) is 0 Å². The molecule has 1 amide bonds. The number of anilines is 1. The highest BCUT2D eigenvalue weighted by molar-refractivity contribution is 8.00. The lowest BCUT2D eigenvalue weighted by Gasteiger charge is -2.14.